The summed E-state index contributed by atoms with van der Waals surface area (Å²) >= 11 is 0. The van der Waals surface area contributed by atoms with Crippen LogP contribution in [0.25, 0.3) is 0 Å². The zero-order valence-electron chi connectivity index (χ0n) is 13.3. The number of amides is 1. The molecule has 0 saturated carbocycles. The van der Waals surface area contributed by atoms with Crippen LogP contribution in [0.3, 0.4) is 0 Å². The minimum absolute atomic E-state index is 0.0110. The summed E-state index contributed by atoms with van der Waals surface area (Å²) in [7, 11) is 0. The van der Waals surface area contributed by atoms with E-state index >= 15 is 0 Å². The number of carbonyl (C=O) groups is 1. The lowest BCUT2D eigenvalue weighted by molar-refractivity contribution is 0.102. The highest BCUT2D eigenvalue weighted by Crippen LogP contribution is 2.15. The van der Waals surface area contributed by atoms with Crippen molar-refractivity contribution >= 4 is 11.9 Å². The lowest BCUT2D eigenvalue weighted by atomic mass is 10.0. The van der Waals surface area contributed by atoms with Gasteiger partial charge in [0.1, 0.15) is 5.82 Å². The summed E-state index contributed by atoms with van der Waals surface area (Å²) in [5, 5.41) is 10.2. The SMILES string of the molecule is Cc1ccc(Cc2nnc(NC(=O)c3cccc(F)c3)o2)cc1C. The Labute approximate surface area is 138 Å². The van der Waals surface area contributed by atoms with Crippen LogP contribution in [0, 0.1) is 19.7 Å². The minimum Gasteiger partial charge on any atom is -0.407 e. The predicted molar refractivity (Wildman–Crippen MR) is 87.4 cm³/mol. The van der Waals surface area contributed by atoms with Gasteiger partial charge in [0.05, 0.1) is 6.42 Å². The first-order valence-corrected chi connectivity index (χ1v) is 7.47. The van der Waals surface area contributed by atoms with Crippen molar-refractivity contribution in [2.45, 2.75) is 20.3 Å². The molecule has 3 aromatic rings. The van der Waals surface area contributed by atoms with Gasteiger partial charge in [0.2, 0.25) is 5.89 Å². The summed E-state index contributed by atoms with van der Waals surface area (Å²) in [4.78, 5) is 12.0. The van der Waals surface area contributed by atoms with E-state index in [1.165, 1.54) is 29.3 Å². The molecule has 1 N–H and O–H groups in total. The topological polar surface area (TPSA) is 68.0 Å². The molecule has 0 unspecified atom stereocenters. The summed E-state index contributed by atoms with van der Waals surface area (Å²) in [5.74, 6) is -0.590. The molecule has 0 saturated heterocycles. The maximum atomic E-state index is 13.1. The molecule has 0 atom stereocenters. The summed E-state index contributed by atoms with van der Waals surface area (Å²) in [6.07, 6.45) is 0.476. The molecular weight excluding hydrogens is 309 g/mol. The molecule has 24 heavy (non-hydrogen) atoms. The molecule has 0 aliphatic rings. The average molecular weight is 325 g/mol. The Bertz CT molecular complexity index is 889. The van der Waals surface area contributed by atoms with E-state index in [-0.39, 0.29) is 11.6 Å². The number of hydrogen-bond acceptors (Lipinski definition) is 4. The van der Waals surface area contributed by atoms with Crippen molar-refractivity contribution in [1.82, 2.24) is 10.2 Å². The minimum atomic E-state index is -0.504. The predicted octanol–water partition coefficient (Wildman–Crippen LogP) is 3.67. The van der Waals surface area contributed by atoms with E-state index < -0.39 is 11.7 Å². The number of aryl methyl sites for hydroxylation is 2. The van der Waals surface area contributed by atoms with Crippen molar-refractivity contribution in [2.75, 3.05) is 5.32 Å². The number of anilines is 1. The van der Waals surface area contributed by atoms with Gasteiger partial charge in [0, 0.05) is 5.56 Å². The van der Waals surface area contributed by atoms with Crippen LogP contribution >= 0.6 is 0 Å². The molecule has 2 aromatic carbocycles. The second-order valence-electron chi connectivity index (χ2n) is 5.56. The Morgan fingerprint density at radius 1 is 1.12 bits per heavy atom. The maximum Gasteiger partial charge on any atom is 0.322 e. The van der Waals surface area contributed by atoms with Crippen LogP contribution in [0.2, 0.25) is 0 Å². The third-order valence-electron chi connectivity index (χ3n) is 3.70. The number of rotatable bonds is 4. The van der Waals surface area contributed by atoms with Crippen molar-refractivity contribution in [1.29, 1.82) is 0 Å². The first-order chi connectivity index (χ1) is 11.5. The van der Waals surface area contributed by atoms with Gasteiger partial charge in [-0.05, 0) is 48.7 Å². The lowest BCUT2D eigenvalue weighted by Gasteiger charge is -2.02. The Hall–Kier alpha value is -3.02. The van der Waals surface area contributed by atoms with Crippen molar-refractivity contribution in [3.05, 3.63) is 76.4 Å². The molecular formula is C18H16FN3O2. The van der Waals surface area contributed by atoms with Gasteiger partial charge in [-0.25, -0.2) is 4.39 Å². The molecule has 6 heteroatoms. The second-order valence-corrected chi connectivity index (χ2v) is 5.56. The Balaban J connectivity index is 1.69. The average Bonchev–Trinajstić information content (AvgIpc) is 2.98. The highest BCUT2D eigenvalue weighted by molar-refractivity contribution is 6.03. The fourth-order valence-corrected chi connectivity index (χ4v) is 2.26. The van der Waals surface area contributed by atoms with Crippen molar-refractivity contribution < 1.29 is 13.6 Å². The summed E-state index contributed by atoms with van der Waals surface area (Å²) in [5.41, 5.74) is 3.63. The van der Waals surface area contributed by atoms with Crippen LogP contribution in [-0.2, 0) is 6.42 Å². The van der Waals surface area contributed by atoms with Gasteiger partial charge in [-0.2, -0.15) is 0 Å². The summed E-state index contributed by atoms with van der Waals surface area (Å²) in [6.45, 7) is 4.09. The first kappa shape index (κ1) is 15.9. The van der Waals surface area contributed by atoms with Gasteiger partial charge in [-0.1, -0.05) is 29.4 Å². The number of halogens is 1. The molecule has 122 valence electrons. The molecule has 1 amide bonds. The zero-order valence-corrected chi connectivity index (χ0v) is 13.3. The van der Waals surface area contributed by atoms with Crippen molar-refractivity contribution in [2.24, 2.45) is 0 Å². The van der Waals surface area contributed by atoms with E-state index in [4.69, 9.17) is 4.42 Å². The Kier molecular flexibility index (Phi) is 4.37. The third kappa shape index (κ3) is 3.65. The number of hydrogen-bond donors (Lipinski definition) is 1. The van der Waals surface area contributed by atoms with Crippen LogP contribution in [0.1, 0.15) is 32.9 Å². The zero-order chi connectivity index (χ0) is 17.1. The van der Waals surface area contributed by atoms with E-state index in [0.717, 1.165) is 11.6 Å². The molecule has 1 aromatic heterocycles. The molecule has 0 fully saturated rings. The van der Waals surface area contributed by atoms with Gasteiger partial charge >= 0.3 is 6.01 Å². The molecule has 5 nitrogen and oxygen atoms in total. The standard InChI is InChI=1S/C18H16FN3O2/c1-11-6-7-13(8-12(11)2)9-16-21-22-18(24-16)20-17(23)14-4-3-5-15(19)10-14/h3-8,10H,9H2,1-2H3,(H,20,22,23). The molecule has 0 radical (unpaired) electrons. The number of nitrogens with one attached hydrogen (secondary N) is 1. The third-order valence-corrected chi connectivity index (χ3v) is 3.70. The highest BCUT2D eigenvalue weighted by Gasteiger charge is 2.12. The van der Waals surface area contributed by atoms with E-state index in [9.17, 15) is 9.18 Å². The second kappa shape index (κ2) is 6.62. The van der Waals surface area contributed by atoms with Crippen molar-refractivity contribution in [3.8, 4) is 0 Å². The largest absolute Gasteiger partial charge is 0.407 e. The Morgan fingerprint density at radius 3 is 2.71 bits per heavy atom. The molecule has 0 aliphatic heterocycles. The number of carbonyl (C=O) groups excluding carboxylic acids is 1. The smallest absolute Gasteiger partial charge is 0.322 e. The number of aromatic nitrogens is 2. The lowest BCUT2D eigenvalue weighted by Crippen LogP contribution is -2.12. The van der Waals surface area contributed by atoms with E-state index in [1.807, 2.05) is 26.0 Å². The molecule has 0 bridgehead atoms. The highest BCUT2D eigenvalue weighted by atomic mass is 19.1. The quantitative estimate of drug-likeness (QED) is 0.795. The summed E-state index contributed by atoms with van der Waals surface area (Å²) in [6, 6.07) is 11.5. The van der Waals surface area contributed by atoms with Gasteiger partial charge < -0.3 is 4.42 Å². The maximum absolute atomic E-state index is 13.1. The van der Waals surface area contributed by atoms with E-state index in [0.29, 0.717) is 12.3 Å². The van der Waals surface area contributed by atoms with Crippen LogP contribution < -0.4 is 5.32 Å². The van der Waals surface area contributed by atoms with Gasteiger partial charge in [-0.15, -0.1) is 5.10 Å². The molecule has 0 spiro atoms. The normalized spacial score (nSPS) is 10.6. The fourth-order valence-electron chi connectivity index (χ4n) is 2.26. The summed E-state index contributed by atoms with van der Waals surface area (Å²) < 4.78 is 18.6. The van der Waals surface area contributed by atoms with E-state index in [1.54, 1.807) is 0 Å². The molecule has 1 heterocycles. The van der Waals surface area contributed by atoms with Crippen LogP contribution in [0.15, 0.2) is 46.9 Å². The monoisotopic (exact) mass is 325 g/mol. The number of benzene rings is 2. The van der Waals surface area contributed by atoms with Crippen LogP contribution in [-0.4, -0.2) is 16.1 Å². The molecule has 3 rings (SSSR count). The van der Waals surface area contributed by atoms with E-state index in [2.05, 4.69) is 21.6 Å². The van der Waals surface area contributed by atoms with Crippen LogP contribution in [0.4, 0.5) is 10.4 Å². The van der Waals surface area contributed by atoms with Crippen LogP contribution in [0.5, 0.6) is 0 Å². The molecule has 0 aliphatic carbocycles. The Morgan fingerprint density at radius 2 is 1.96 bits per heavy atom. The van der Waals surface area contributed by atoms with Gasteiger partial charge in [-0.3, -0.25) is 10.1 Å². The van der Waals surface area contributed by atoms with Gasteiger partial charge in [0.15, 0.2) is 0 Å². The van der Waals surface area contributed by atoms with Gasteiger partial charge in [0.25, 0.3) is 5.91 Å². The first-order valence-electron chi connectivity index (χ1n) is 7.47. The fraction of sp³-hybridized carbons (Fsp3) is 0.167. The number of nitrogens with zero attached hydrogens (tertiary/aromatic N) is 2. The van der Waals surface area contributed by atoms with Crippen molar-refractivity contribution in [3.63, 3.8) is 0 Å².